The highest BCUT2D eigenvalue weighted by molar-refractivity contribution is 9.09. The van der Waals surface area contributed by atoms with Crippen LogP contribution in [0.1, 0.15) is 10.4 Å². The van der Waals surface area contributed by atoms with Gasteiger partial charge in [0.05, 0.1) is 32.3 Å². The summed E-state index contributed by atoms with van der Waals surface area (Å²) in [4.78, 5) is 15.9. The van der Waals surface area contributed by atoms with Crippen LogP contribution in [0.3, 0.4) is 0 Å². The van der Waals surface area contributed by atoms with E-state index in [0.29, 0.717) is 16.1 Å². The summed E-state index contributed by atoms with van der Waals surface area (Å²) in [6.07, 6.45) is 0. The van der Waals surface area contributed by atoms with E-state index in [4.69, 9.17) is 0 Å². The molecule has 72 valence electrons. The summed E-state index contributed by atoms with van der Waals surface area (Å²) >= 11 is 3.09. The molecule has 3 nitrogen and oxygen atoms in total. The average molecular weight is 272 g/mol. The maximum Gasteiger partial charge on any atom is 0.173 e. The van der Waals surface area contributed by atoms with Gasteiger partial charge in [-0.15, -0.1) is 0 Å². The van der Waals surface area contributed by atoms with Crippen molar-refractivity contribution in [2.45, 2.75) is 4.90 Å². The van der Waals surface area contributed by atoms with Crippen molar-refractivity contribution in [2.24, 2.45) is 4.99 Å². The molecule has 0 aromatic heterocycles. The Kier molecular flexibility index (Phi) is 2.60. The van der Waals surface area contributed by atoms with E-state index in [1.165, 1.54) is 5.55 Å². The first kappa shape index (κ1) is 9.73. The zero-order chi connectivity index (χ0) is 10.1. The number of aliphatic imine (C=N–C) groups is 1. The van der Waals surface area contributed by atoms with Crippen LogP contribution in [-0.2, 0) is 10.8 Å². The predicted octanol–water partition coefficient (Wildman–Crippen LogP) is 2.05. The summed E-state index contributed by atoms with van der Waals surface area (Å²) in [5.41, 5.74) is 2.64. The van der Waals surface area contributed by atoms with E-state index in [-0.39, 0.29) is 11.1 Å². The van der Waals surface area contributed by atoms with Gasteiger partial charge in [0.2, 0.25) is 0 Å². The first-order chi connectivity index (χ1) is 6.72. The summed E-state index contributed by atoms with van der Waals surface area (Å²) in [6.45, 7) is 0. The maximum absolute atomic E-state index is 11.4. The van der Waals surface area contributed by atoms with Crippen LogP contribution >= 0.6 is 15.9 Å². The van der Waals surface area contributed by atoms with E-state index in [1.54, 1.807) is 18.2 Å². The summed E-state index contributed by atoms with van der Waals surface area (Å²) in [5, 5.41) is 0.277. The Hall–Kier alpha value is -0.810. The van der Waals surface area contributed by atoms with Gasteiger partial charge in [-0.1, -0.05) is 15.9 Å². The Morgan fingerprint density at radius 2 is 2.29 bits per heavy atom. The lowest BCUT2D eigenvalue weighted by molar-refractivity contribution is 0.102. The second kappa shape index (κ2) is 3.74. The fourth-order valence-electron chi connectivity index (χ4n) is 1.19. The first-order valence-corrected chi connectivity index (χ1v) is 6.24. The molecule has 0 fully saturated rings. The molecule has 5 heteroatoms. The summed E-state index contributed by atoms with van der Waals surface area (Å²) in [6, 6.07) is 5.05. The Balaban J connectivity index is 2.47. The molecule has 0 radical (unpaired) electrons. The Morgan fingerprint density at radius 1 is 1.50 bits per heavy atom. The third kappa shape index (κ3) is 1.57. The molecule has 1 atom stereocenters. The molecule has 0 aliphatic carbocycles. The molecule has 0 N–H and O–H groups in total. The number of hydrogen-bond donors (Lipinski definition) is 0. The molecular formula is C9H6BrNO2S. The number of Topliss-reactive ketones (excluding diaryl/α,β-unsaturated/α-hetero) is 1. The summed E-state index contributed by atoms with van der Waals surface area (Å²) in [5.74, 6) is -0.0169. The predicted molar refractivity (Wildman–Crippen MR) is 59.1 cm³/mol. The summed E-state index contributed by atoms with van der Waals surface area (Å²) in [7, 11) is -1.19. The molecule has 1 aromatic carbocycles. The van der Waals surface area contributed by atoms with Crippen molar-refractivity contribution in [1.29, 1.82) is 0 Å². The molecular weight excluding hydrogens is 266 g/mol. The highest BCUT2D eigenvalue weighted by Gasteiger charge is 2.16. The van der Waals surface area contributed by atoms with Gasteiger partial charge in [-0.3, -0.25) is 4.79 Å². The van der Waals surface area contributed by atoms with Crippen LogP contribution < -0.4 is 0 Å². The van der Waals surface area contributed by atoms with Crippen LogP contribution in [-0.4, -0.2) is 20.9 Å². The lowest BCUT2D eigenvalue weighted by atomic mass is 10.1. The van der Waals surface area contributed by atoms with Gasteiger partial charge in [0.25, 0.3) is 0 Å². The molecule has 0 bridgehead atoms. The van der Waals surface area contributed by atoms with E-state index in [9.17, 15) is 9.00 Å². The number of nitrogens with zero attached hydrogens (tertiary/aromatic N) is 1. The second-order valence-electron chi connectivity index (χ2n) is 2.77. The van der Waals surface area contributed by atoms with Crippen molar-refractivity contribution in [2.75, 3.05) is 5.33 Å². The van der Waals surface area contributed by atoms with Crippen molar-refractivity contribution < 1.29 is 9.00 Å². The maximum atomic E-state index is 11.4. The lowest BCUT2D eigenvalue weighted by Crippen LogP contribution is -2.00. The number of carbonyl (C=O) groups is 1. The molecule has 1 aliphatic rings. The van der Waals surface area contributed by atoms with Gasteiger partial charge in [0.15, 0.2) is 5.78 Å². The first-order valence-electron chi connectivity index (χ1n) is 3.90. The minimum Gasteiger partial charge on any atom is -0.293 e. The van der Waals surface area contributed by atoms with Gasteiger partial charge in [-0.25, -0.2) is 9.20 Å². The third-order valence-corrected chi connectivity index (χ3v) is 3.47. The lowest BCUT2D eigenvalue weighted by Gasteiger charge is -1.99. The number of ketones is 1. The molecule has 0 saturated carbocycles. The number of benzene rings is 1. The molecule has 0 saturated heterocycles. The molecule has 2 rings (SSSR count). The molecule has 0 spiro atoms. The normalized spacial score (nSPS) is 18.2. The van der Waals surface area contributed by atoms with Gasteiger partial charge >= 0.3 is 0 Å². The van der Waals surface area contributed by atoms with Crippen LogP contribution in [0, 0.1) is 0 Å². The van der Waals surface area contributed by atoms with Gasteiger partial charge < -0.3 is 0 Å². The Morgan fingerprint density at radius 3 is 3.00 bits per heavy atom. The number of rotatable bonds is 2. The number of hydrogen-bond acceptors (Lipinski definition) is 3. The topological polar surface area (TPSA) is 46.5 Å². The van der Waals surface area contributed by atoms with E-state index in [0.717, 1.165) is 0 Å². The summed E-state index contributed by atoms with van der Waals surface area (Å²) < 4.78 is 11.4. The van der Waals surface area contributed by atoms with Gasteiger partial charge in [-0.05, 0) is 18.2 Å². The van der Waals surface area contributed by atoms with Crippen LogP contribution in [0.2, 0.25) is 0 Å². The van der Waals surface area contributed by atoms with E-state index in [1.807, 2.05) is 0 Å². The highest BCUT2D eigenvalue weighted by atomic mass is 79.9. The zero-order valence-corrected chi connectivity index (χ0v) is 9.47. The molecule has 1 heterocycles. The van der Waals surface area contributed by atoms with Gasteiger partial charge in [-0.2, -0.15) is 0 Å². The van der Waals surface area contributed by atoms with Gasteiger partial charge in [0, 0.05) is 5.56 Å². The molecule has 0 amide bonds. The SMILES string of the molecule is O=C(CBr)c1ccc2c(c1)S(=O)C=N2. The minimum atomic E-state index is -1.19. The average Bonchev–Trinajstić information content (AvgIpc) is 2.59. The second-order valence-corrected chi connectivity index (χ2v) is 4.58. The highest BCUT2D eigenvalue weighted by Crippen LogP contribution is 2.28. The fraction of sp³-hybridized carbons (Fsp3) is 0.111. The third-order valence-electron chi connectivity index (χ3n) is 1.91. The largest absolute Gasteiger partial charge is 0.293 e. The monoisotopic (exact) mass is 271 g/mol. The molecule has 1 aliphatic heterocycles. The molecule has 1 unspecified atom stereocenters. The van der Waals surface area contributed by atoms with Crippen molar-refractivity contribution in [3.8, 4) is 0 Å². The smallest absolute Gasteiger partial charge is 0.173 e. The Bertz CT molecular complexity index is 456. The zero-order valence-electron chi connectivity index (χ0n) is 7.07. The standard InChI is InChI=1S/C9H6BrNO2S/c10-4-8(12)6-1-2-7-9(3-6)14(13)5-11-7/h1-3,5H,4H2. The number of alkyl halides is 1. The Labute approximate surface area is 91.8 Å². The number of fused-ring (bicyclic) bond motifs is 1. The fourth-order valence-corrected chi connectivity index (χ4v) is 2.41. The van der Waals surface area contributed by atoms with Crippen molar-refractivity contribution in [3.63, 3.8) is 0 Å². The number of carbonyl (C=O) groups excluding carboxylic acids is 1. The van der Waals surface area contributed by atoms with Crippen LogP contribution in [0.15, 0.2) is 28.1 Å². The van der Waals surface area contributed by atoms with Gasteiger partial charge in [0.1, 0.15) is 0 Å². The van der Waals surface area contributed by atoms with E-state index in [2.05, 4.69) is 20.9 Å². The molecule has 14 heavy (non-hydrogen) atoms. The minimum absolute atomic E-state index is 0.0169. The molecule has 1 aromatic rings. The van der Waals surface area contributed by atoms with E-state index >= 15 is 0 Å². The van der Waals surface area contributed by atoms with Crippen molar-refractivity contribution in [3.05, 3.63) is 23.8 Å². The van der Waals surface area contributed by atoms with Crippen LogP contribution in [0.25, 0.3) is 0 Å². The van der Waals surface area contributed by atoms with Crippen molar-refractivity contribution in [1.82, 2.24) is 0 Å². The van der Waals surface area contributed by atoms with Crippen LogP contribution in [0.4, 0.5) is 5.69 Å². The van der Waals surface area contributed by atoms with E-state index < -0.39 is 10.8 Å². The number of halogens is 1. The quantitative estimate of drug-likeness (QED) is 0.611. The van der Waals surface area contributed by atoms with Crippen LogP contribution in [0.5, 0.6) is 0 Å². The van der Waals surface area contributed by atoms with Crippen molar-refractivity contribution >= 4 is 43.7 Å².